The smallest absolute Gasteiger partial charge is 0.305 e. The first-order valence-electron chi connectivity index (χ1n) is 6.81. The standard InChI is InChI=1S/C15H18BrNO3/c16-12-3-1-2-11(8-12)13(9-15(19)20)17-14(18)7-6-10-4-5-10/h1-3,8,10,13H,4-7,9H2,(H,17,18)(H,19,20). The largest absolute Gasteiger partial charge is 0.481 e. The summed E-state index contributed by atoms with van der Waals surface area (Å²) in [4.78, 5) is 22.9. The zero-order chi connectivity index (χ0) is 14.5. The van der Waals surface area contributed by atoms with E-state index in [-0.39, 0.29) is 12.3 Å². The summed E-state index contributed by atoms with van der Waals surface area (Å²) in [5.41, 5.74) is 0.807. The van der Waals surface area contributed by atoms with Crippen LogP contribution >= 0.6 is 15.9 Å². The van der Waals surface area contributed by atoms with Gasteiger partial charge in [-0.25, -0.2) is 0 Å². The summed E-state index contributed by atoms with van der Waals surface area (Å²) >= 11 is 3.36. The fraction of sp³-hybridized carbons (Fsp3) is 0.467. The van der Waals surface area contributed by atoms with Gasteiger partial charge in [-0.1, -0.05) is 40.9 Å². The molecule has 1 unspecified atom stereocenters. The minimum absolute atomic E-state index is 0.0666. The Kier molecular flexibility index (Phi) is 5.17. The van der Waals surface area contributed by atoms with E-state index < -0.39 is 12.0 Å². The third kappa shape index (κ3) is 4.96. The minimum Gasteiger partial charge on any atom is -0.481 e. The fourth-order valence-corrected chi connectivity index (χ4v) is 2.58. The first-order valence-corrected chi connectivity index (χ1v) is 7.60. The second-order valence-corrected chi connectivity index (χ2v) is 6.17. The molecule has 1 fully saturated rings. The summed E-state index contributed by atoms with van der Waals surface area (Å²) in [5.74, 6) is -0.287. The Bertz CT molecular complexity index is 500. The van der Waals surface area contributed by atoms with Gasteiger partial charge in [0.15, 0.2) is 0 Å². The lowest BCUT2D eigenvalue weighted by molar-refractivity contribution is -0.137. The maximum absolute atomic E-state index is 11.9. The van der Waals surface area contributed by atoms with Crippen molar-refractivity contribution in [2.45, 2.75) is 38.1 Å². The first kappa shape index (κ1) is 15.0. The monoisotopic (exact) mass is 339 g/mol. The fourth-order valence-electron chi connectivity index (χ4n) is 2.16. The van der Waals surface area contributed by atoms with E-state index in [1.807, 2.05) is 24.3 Å². The van der Waals surface area contributed by atoms with Gasteiger partial charge in [0, 0.05) is 10.9 Å². The van der Waals surface area contributed by atoms with Crippen LogP contribution in [0, 0.1) is 5.92 Å². The molecule has 2 N–H and O–H groups in total. The predicted octanol–water partition coefficient (Wildman–Crippen LogP) is 3.27. The third-order valence-corrected chi connectivity index (χ3v) is 3.93. The highest BCUT2D eigenvalue weighted by atomic mass is 79.9. The van der Waals surface area contributed by atoms with Gasteiger partial charge in [-0.3, -0.25) is 9.59 Å². The van der Waals surface area contributed by atoms with Crippen LogP contribution in [0.3, 0.4) is 0 Å². The number of halogens is 1. The van der Waals surface area contributed by atoms with Crippen LogP contribution < -0.4 is 5.32 Å². The molecule has 108 valence electrons. The summed E-state index contributed by atoms with van der Waals surface area (Å²) in [7, 11) is 0. The molecule has 1 aliphatic carbocycles. The van der Waals surface area contributed by atoms with Crippen molar-refractivity contribution in [2.24, 2.45) is 5.92 Å². The Morgan fingerprint density at radius 3 is 2.75 bits per heavy atom. The zero-order valence-corrected chi connectivity index (χ0v) is 12.7. The second-order valence-electron chi connectivity index (χ2n) is 5.26. The van der Waals surface area contributed by atoms with Crippen molar-refractivity contribution in [1.82, 2.24) is 5.32 Å². The van der Waals surface area contributed by atoms with Gasteiger partial charge in [0.25, 0.3) is 0 Å². The summed E-state index contributed by atoms with van der Waals surface area (Å²) in [6.45, 7) is 0. The molecule has 5 heteroatoms. The van der Waals surface area contributed by atoms with Gasteiger partial charge < -0.3 is 10.4 Å². The van der Waals surface area contributed by atoms with Gasteiger partial charge in [-0.15, -0.1) is 0 Å². The molecular formula is C15H18BrNO3. The van der Waals surface area contributed by atoms with Gasteiger partial charge in [-0.05, 0) is 30.0 Å². The lowest BCUT2D eigenvalue weighted by Gasteiger charge is -2.17. The molecule has 0 heterocycles. The molecule has 20 heavy (non-hydrogen) atoms. The molecule has 4 nitrogen and oxygen atoms in total. The number of benzene rings is 1. The summed E-state index contributed by atoms with van der Waals surface area (Å²) in [5, 5.41) is 11.8. The Morgan fingerprint density at radius 1 is 1.40 bits per heavy atom. The van der Waals surface area contributed by atoms with Crippen LogP contribution in [-0.4, -0.2) is 17.0 Å². The van der Waals surface area contributed by atoms with Crippen molar-refractivity contribution in [2.75, 3.05) is 0 Å². The van der Waals surface area contributed by atoms with Gasteiger partial charge >= 0.3 is 5.97 Å². The van der Waals surface area contributed by atoms with E-state index in [4.69, 9.17) is 5.11 Å². The highest BCUT2D eigenvalue weighted by Crippen LogP contribution is 2.33. The summed E-state index contributed by atoms with van der Waals surface area (Å²) in [6, 6.07) is 6.91. The van der Waals surface area contributed by atoms with E-state index in [0.717, 1.165) is 16.5 Å². The predicted molar refractivity (Wildman–Crippen MR) is 79.2 cm³/mol. The number of carbonyl (C=O) groups excluding carboxylic acids is 1. The maximum atomic E-state index is 11.9. The van der Waals surface area contributed by atoms with Gasteiger partial charge in [0.1, 0.15) is 0 Å². The molecule has 0 radical (unpaired) electrons. The van der Waals surface area contributed by atoms with Crippen LogP contribution in [0.1, 0.15) is 43.7 Å². The van der Waals surface area contributed by atoms with Crippen molar-refractivity contribution in [3.63, 3.8) is 0 Å². The Morgan fingerprint density at radius 2 is 2.15 bits per heavy atom. The van der Waals surface area contributed by atoms with Crippen LogP contribution in [0.5, 0.6) is 0 Å². The van der Waals surface area contributed by atoms with Gasteiger partial charge in [-0.2, -0.15) is 0 Å². The van der Waals surface area contributed by atoms with Crippen LogP contribution in [0.15, 0.2) is 28.7 Å². The molecule has 1 aliphatic rings. The Labute approximate surface area is 126 Å². The Hall–Kier alpha value is -1.36. The molecule has 1 aromatic rings. The molecule has 1 atom stereocenters. The molecule has 0 saturated heterocycles. The average Bonchev–Trinajstić information content (AvgIpc) is 3.19. The van der Waals surface area contributed by atoms with Crippen LogP contribution in [0.25, 0.3) is 0 Å². The molecule has 0 bridgehead atoms. The van der Waals surface area contributed by atoms with E-state index in [1.54, 1.807) is 0 Å². The SMILES string of the molecule is O=C(O)CC(NC(=O)CCC1CC1)c1cccc(Br)c1. The number of amides is 1. The number of carboxylic acid groups (broad SMARTS) is 1. The summed E-state index contributed by atoms with van der Waals surface area (Å²) in [6.07, 6.45) is 3.72. The van der Waals surface area contributed by atoms with Gasteiger partial charge in [0.2, 0.25) is 5.91 Å². The van der Waals surface area contributed by atoms with Crippen molar-refractivity contribution >= 4 is 27.8 Å². The maximum Gasteiger partial charge on any atom is 0.305 e. The number of nitrogens with one attached hydrogen (secondary N) is 1. The highest BCUT2D eigenvalue weighted by molar-refractivity contribution is 9.10. The molecule has 0 aliphatic heterocycles. The molecule has 1 saturated carbocycles. The minimum atomic E-state index is -0.919. The van der Waals surface area contributed by atoms with Gasteiger partial charge in [0.05, 0.1) is 12.5 Å². The normalized spacial score (nSPS) is 15.7. The van der Waals surface area contributed by atoms with Crippen LogP contribution in [-0.2, 0) is 9.59 Å². The second kappa shape index (κ2) is 6.88. The van der Waals surface area contributed by atoms with E-state index in [9.17, 15) is 9.59 Å². The van der Waals surface area contributed by atoms with Crippen LogP contribution in [0.2, 0.25) is 0 Å². The number of hydrogen-bond donors (Lipinski definition) is 2. The van der Waals surface area contributed by atoms with Crippen LogP contribution in [0.4, 0.5) is 0 Å². The molecule has 0 spiro atoms. The summed E-state index contributed by atoms with van der Waals surface area (Å²) < 4.78 is 0.873. The number of carbonyl (C=O) groups is 2. The first-order chi connectivity index (χ1) is 9.54. The number of hydrogen-bond acceptors (Lipinski definition) is 2. The highest BCUT2D eigenvalue weighted by Gasteiger charge is 2.23. The number of carboxylic acids is 1. The van der Waals surface area contributed by atoms with E-state index in [2.05, 4.69) is 21.2 Å². The van der Waals surface area contributed by atoms with Crippen molar-refractivity contribution in [3.8, 4) is 0 Å². The average molecular weight is 340 g/mol. The van der Waals surface area contributed by atoms with Crippen molar-refractivity contribution in [3.05, 3.63) is 34.3 Å². The number of aliphatic carboxylic acids is 1. The molecule has 2 rings (SSSR count). The molecule has 1 amide bonds. The van der Waals surface area contributed by atoms with E-state index in [1.165, 1.54) is 12.8 Å². The van der Waals surface area contributed by atoms with Crippen molar-refractivity contribution < 1.29 is 14.7 Å². The van der Waals surface area contributed by atoms with Crippen molar-refractivity contribution in [1.29, 1.82) is 0 Å². The quantitative estimate of drug-likeness (QED) is 0.801. The topological polar surface area (TPSA) is 66.4 Å². The van der Waals surface area contributed by atoms with E-state index in [0.29, 0.717) is 12.3 Å². The lowest BCUT2D eigenvalue weighted by atomic mass is 10.0. The molecular weight excluding hydrogens is 322 g/mol. The Balaban J connectivity index is 1.98. The zero-order valence-electron chi connectivity index (χ0n) is 11.1. The molecule has 0 aromatic heterocycles. The number of rotatable bonds is 7. The molecule has 1 aromatic carbocycles. The lowest BCUT2D eigenvalue weighted by Crippen LogP contribution is -2.30. The third-order valence-electron chi connectivity index (χ3n) is 3.44. The van der Waals surface area contributed by atoms with E-state index >= 15 is 0 Å².